The first-order valence-electron chi connectivity index (χ1n) is 6.05. The summed E-state index contributed by atoms with van der Waals surface area (Å²) >= 11 is 0. The third kappa shape index (κ3) is 2.88. The van der Waals surface area contributed by atoms with Crippen molar-refractivity contribution in [3.63, 3.8) is 0 Å². The molecular weight excluding hydrogens is 275 g/mol. The van der Waals surface area contributed by atoms with Gasteiger partial charge in [-0.1, -0.05) is 36.4 Å². The van der Waals surface area contributed by atoms with Crippen molar-refractivity contribution in [1.82, 2.24) is 0 Å². The highest BCUT2D eigenvalue weighted by Crippen LogP contribution is 2.39. The highest BCUT2D eigenvalue weighted by atomic mass is 31.2. The zero-order valence-corrected chi connectivity index (χ0v) is 12.1. The van der Waals surface area contributed by atoms with Crippen LogP contribution in [0.4, 0.5) is 0 Å². The number of rotatable bonds is 4. The van der Waals surface area contributed by atoms with E-state index in [9.17, 15) is 14.3 Å². The molecule has 20 heavy (non-hydrogen) atoms. The molecule has 0 aliphatic rings. The molecule has 0 bridgehead atoms. The molecule has 0 aliphatic heterocycles. The summed E-state index contributed by atoms with van der Waals surface area (Å²) < 4.78 is 16.2. The second kappa shape index (κ2) is 5.71. The summed E-state index contributed by atoms with van der Waals surface area (Å²) in [4.78, 5) is 21.9. The van der Waals surface area contributed by atoms with Crippen LogP contribution in [0.5, 0.6) is 0 Å². The SMILES string of the molecule is COP(=O)(O)c1ccc(C(=O)c2ccccc2C)cc1. The Kier molecular flexibility index (Phi) is 4.19. The third-order valence-corrected chi connectivity index (χ3v) is 4.54. The van der Waals surface area contributed by atoms with Gasteiger partial charge in [0.1, 0.15) is 0 Å². The van der Waals surface area contributed by atoms with Gasteiger partial charge in [0, 0.05) is 18.2 Å². The Bertz CT molecular complexity index is 677. The zero-order valence-electron chi connectivity index (χ0n) is 11.2. The van der Waals surface area contributed by atoms with Crippen LogP contribution in [0, 0.1) is 6.92 Å². The Balaban J connectivity index is 2.34. The molecule has 0 aliphatic carbocycles. The van der Waals surface area contributed by atoms with E-state index in [1.807, 2.05) is 19.1 Å². The molecular formula is C15H15O4P. The predicted molar refractivity (Wildman–Crippen MR) is 77.5 cm³/mol. The maximum absolute atomic E-state index is 12.3. The van der Waals surface area contributed by atoms with E-state index < -0.39 is 7.60 Å². The van der Waals surface area contributed by atoms with Crippen molar-refractivity contribution in [2.45, 2.75) is 6.92 Å². The van der Waals surface area contributed by atoms with Crippen molar-refractivity contribution < 1.29 is 18.8 Å². The van der Waals surface area contributed by atoms with Gasteiger partial charge >= 0.3 is 7.60 Å². The lowest BCUT2D eigenvalue weighted by molar-refractivity contribution is 0.103. The Morgan fingerprint density at radius 2 is 1.70 bits per heavy atom. The molecule has 104 valence electrons. The molecule has 1 atom stereocenters. The molecule has 0 radical (unpaired) electrons. The van der Waals surface area contributed by atoms with E-state index in [0.717, 1.165) is 5.56 Å². The Hall–Kier alpha value is -1.74. The summed E-state index contributed by atoms with van der Waals surface area (Å²) in [5.41, 5.74) is 1.99. The minimum atomic E-state index is -3.77. The van der Waals surface area contributed by atoms with Crippen molar-refractivity contribution in [3.8, 4) is 0 Å². The summed E-state index contributed by atoms with van der Waals surface area (Å²) in [6, 6.07) is 13.3. The fourth-order valence-corrected chi connectivity index (χ4v) is 2.63. The van der Waals surface area contributed by atoms with Crippen molar-refractivity contribution in [2.75, 3.05) is 7.11 Å². The number of ketones is 1. The number of carbonyl (C=O) groups is 1. The first-order valence-corrected chi connectivity index (χ1v) is 7.63. The van der Waals surface area contributed by atoms with Crippen molar-refractivity contribution in [2.24, 2.45) is 0 Å². The molecule has 4 nitrogen and oxygen atoms in total. The van der Waals surface area contributed by atoms with Crippen LogP contribution in [0.25, 0.3) is 0 Å². The van der Waals surface area contributed by atoms with E-state index in [4.69, 9.17) is 0 Å². The number of benzene rings is 2. The van der Waals surface area contributed by atoms with Crippen LogP contribution in [-0.2, 0) is 9.09 Å². The third-order valence-electron chi connectivity index (χ3n) is 3.09. The number of hydrogen-bond acceptors (Lipinski definition) is 3. The van der Waals surface area contributed by atoms with Gasteiger partial charge < -0.3 is 9.42 Å². The Morgan fingerprint density at radius 1 is 1.10 bits per heavy atom. The lowest BCUT2D eigenvalue weighted by atomic mass is 9.99. The summed E-state index contributed by atoms with van der Waals surface area (Å²) in [5.74, 6) is -0.111. The van der Waals surface area contributed by atoms with Crippen molar-refractivity contribution in [3.05, 3.63) is 65.2 Å². The average Bonchev–Trinajstić information content (AvgIpc) is 2.47. The van der Waals surface area contributed by atoms with Crippen LogP contribution in [0.3, 0.4) is 0 Å². The predicted octanol–water partition coefficient (Wildman–Crippen LogP) is 2.68. The molecule has 0 saturated carbocycles. The minimum Gasteiger partial charge on any atom is -0.321 e. The zero-order chi connectivity index (χ0) is 14.8. The first kappa shape index (κ1) is 14.7. The van der Waals surface area contributed by atoms with Gasteiger partial charge in [-0.25, -0.2) is 0 Å². The molecule has 0 aromatic heterocycles. The van der Waals surface area contributed by atoms with Crippen LogP contribution >= 0.6 is 7.60 Å². The van der Waals surface area contributed by atoms with Gasteiger partial charge in [-0.2, -0.15) is 0 Å². The van der Waals surface area contributed by atoms with Crippen LogP contribution < -0.4 is 5.30 Å². The van der Waals surface area contributed by atoms with Gasteiger partial charge in [0.2, 0.25) is 0 Å². The summed E-state index contributed by atoms with van der Waals surface area (Å²) in [5, 5.41) is 0.168. The number of carbonyl (C=O) groups excluding carboxylic acids is 1. The lowest BCUT2D eigenvalue weighted by Crippen LogP contribution is -2.08. The highest BCUT2D eigenvalue weighted by Gasteiger charge is 2.21. The summed E-state index contributed by atoms with van der Waals surface area (Å²) in [6.45, 7) is 1.87. The maximum atomic E-state index is 12.3. The second-order valence-corrected chi connectivity index (χ2v) is 6.32. The fraction of sp³-hybridized carbons (Fsp3) is 0.133. The van der Waals surface area contributed by atoms with Crippen molar-refractivity contribution in [1.29, 1.82) is 0 Å². The van der Waals surface area contributed by atoms with Crippen molar-refractivity contribution >= 4 is 18.7 Å². The molecule has 0 fully saturated rings. The molecule has 2 rings (SSSR count). The molecule has 1 unspecified atom stereocenters. The van der Waals surface area contributed by atoms with E-state index in [2.05, 4.69) is 4.52 Å². The van der Waals surface area contributed by atoms with Gasteiger partial charge in [0.25, 0.3) is 0 Å². The largest absolute Gasteiger partial charge is 0.358 e. The van der Waals surface area contributed by atoms with Crippen LogP contribution in [-0.4, -0.2) is 17.8 Å². The van der Waals surface area contributed by atoms with Gasteiger partial charge in [0.05, 0.1) is 5.30 Å². The molecule has 2 aromatic carbocycles. The monoisotopic (exact) mass is 290 g/mol. The van der Waals surface area contributed by atoms with Crippen LogP contribution in [0.15, 0.2) is 48.5 Å². The fourth-order valence-electron chi connectivity index (χ4n) is 1.89. The molecule has 1 N–H and O–H groups in total. The van der Waals surface area contributed by atoms with E-state index >= 15 is 0 Å². The standard InChI is InChI=1S/C15H15O4P/c1-11-5-3-4-6-14(11)15(16)12-7-9-13(10-8-12)20(17,18)19-2/h3-10H,1-2H3,(H,17,18). The topological polar surface area (TPSA) is 63.6 Å². The molecule has 0 amide bonds. The van der Waals surface area contributed by atoms with Gasteiger partial charge in [-0.3, -0.25) is 9.36 Å². The summed E-state index contributed by atoms with van der Waals surface area (Å²) in [7, 11) is -2.59. The maximum Gasteiger partial charge on any atom is 0.358 e. The van der Waals surface area contributed by atoms with Gasteiger partial charge in [-0.15, -0.1) is 0 Å². The van der Waals surface area contributed by atoms with Crippen LogP contribution in [0.2, 0.25) is 0 Å². The van der Waals surface area contributed by atoms with E-state index in [-0.39, 0.29) is 11.1 Å². The van der Waals surface area contributed by atoms with Gasteiger partial charge in [-0.05, 0) is 24.6 Å². The highest BCUT2D eigenvalue weighted by molar-refractivity contribution is 7.61. The molecule has 5 heteroatoms. The first-order chi connectivity index (χ1) is 9.45. The van der Waals surface area contributed by atoms with Gasteiger partial charge in [0.15, 0.2) is 5.78 Å². The van der Waals surface area contributed by atoms with E-state index in [0.29, 0.717) is 11.1 Å². The van der Waals surface area contributed by atoms with E-state index in [1.54, 1.807) is 12.1 Å². The molecule has 0 saturated heterocycles. The number of hydrogen-bond donors (Lipinski definition) is 1. The molecule has 0 spiro atoms. The Labute approximate surface area is 117 Å². The normalized spacial score (nSPS) is 13.8. The second-order valence-electron chi connectivity index (χ2n) is 4.39. The minimum absolute atomic E-state index is 0.111. The average molecular weight is 290 g/mol. The summed E-state index contributed by atoms with van der Waals surface area (Å²) in [6.07, 6.45) is 0. The smallest absolute Gasteiger partial charge is 0.321 e. The van der Waals surface area contributed by atoms with Crippen LogP contribution in [0.1, 0.15) is 21.5 Å². The van der Waals surface area contributed by atoms with E-state index in [1.165, 1.54) is 31.4 Å². The lowest BCUT2D eigenvalue weighted by Gasteiger charge is -2.09. The number of aryl methyl sites for hydroxylation is 1. The molecule has 2 aromatic rings. The molecule has 0 heterocycles. The Morgan fingerprint density at radius 3 is 2.25 bits per heavy atom. The quantitative estimate of drug-likeness (QED) is 0.694.